The molecule has 2 rings (SSSR count). The number of carbonyl (C=O) groups is 2. The van der Waals surface area contributed by atoms with Crippen LogP contribution in [0.5, 0.6) is 0 Å². The smallest absolute Gasteiger partial charge is 0.328 e. The summed E-state index contributed by atoms with van der Waals surface area (Å²) in [4.78, 5) is 22.7. The van der Waals surface area contributed by atoms with E-state index in [-0.39, 0.29) is 0 Å². The van der Waals surface area contributed by atoms with Crippen molar-refractivity contribution in [1.82, 2.24) is 9.88 Å². The molecule has 0 bridgehead atoms. The number of aliphatic hydroxyl groups excluding tert-OH is 1. The number of rotatable bonds is 5. The maximum atomic E-state index is 12.0. The molecule has 0 unspecified atom stereocenters. The van der Waals surface area contributed by atoms with Gasteiger partial charge in [-0.15, -0.1) is 0 Å². The Morgan fingerprint density at radius 3 is 2.72 bits per heavy atom. The Morgan fingerprint density at radius 2 is 2.22 bits per heavy atom. The summed E-state index contributed by atoms with van der Waals surface area (Å²) in [6.07, 6.45) is 3.84. The molecular weight excluding hydrogens is 304 g/mol. The molecule has 1 fully saturated rings. The molecule has 1 atom stereocenters. The molecule has 0 radical (unpaired) electrons. The Hall–Kier alpha value is -1.34. The molecular formula is C11H13BrN2O4. The van der Waals surface area contributed by atoms with Gasteiger partial charge in [-0.3, -0.25) is 4.79 Å². The van der Waals surface area contributed by atoms with Crippen molar-refractivity contribution in [3.05, 3.63) is 22.4 Å². The van der Waals surface area contributed by atoms with Gasteiger partial charge >= 0.3 is 5.97 Å². The number of carboxylic acid groups (broad SMARTS) is 1. The van der Waals surface area contributed by atoms with Gasteiger partial charge in [0.25, 0.3) is 5.91 Å². The molecule has 1 aromatic rings. The van der Waals surface area contributed by atoms with E-state index in [4.69, 9.17) is 10.2 Å². The Labute approximate surface area is 112 Å². The highest BCUT2D eigenvalue weighted by molar-refractivity contribution is 9.10. The highest BCUT2D eigenvalue weighted by Crippen LogP contribution is 2.37. The average molecular weight is 317 g/mol. The van der Waals surface area contributed by atoms with Crippen molar-refractivity contribution < 1.29 is 19.8 Å². The third kappa shape index (κ3) is 2.73. The summed E-state index contributed by atoms with van der Waals surface area (Å²) in [7, 11) is 0. The van der Waals surface area contributed by atoms with E-state index in [1.807, 2.05) is 4.57 Å². The molecule has 1 heterocycles. The summed E-state index contributed by atoms with van der Waals surface area (Å²) in [5, 5.41) is 19.9. The number of hydrogen-bond acceptors (Lipinski definition) is 3. The van der Waals surface area contributed by atoms with Gasteiger partial charge in [-0.2, -0.15) is 0 Å². The first-order valence-corrected chi connectivity index (χ1v) is 6.34. The number of hydrogen-bond donors (Lipinski definition) is 3. The number of carboxylic acids is 1. The largest absolute Gasteiger partial charge is 0.480 e. The van der Waals surface area contributed by atoms with Gasteiger partial charge in [-0.05, 0) is 34.8 Å². The predicted molar refractivity (Wildman–Crippen MR) is 66.4 cm³/mol. The van der Waals surface area contributed by atoms with Crippen LogP contribution in [-0.2, 0) is 4.79 Å². The van der Waals surface area contributed by atoms with Gasteiger partial charge < -0.3 is 20.1 Å². The quantitative estimate of drug-likeness (QED) is 0.748. The van der Waals surface area contributed by atoms with Gasteiger partial charge in [0, 0.05) is 16.7 Å². The summed E-state index contributed by atoms with van der Waals surface area (Å²) >= 11 is 3.29. The fraction of sp³-hybridized carbons (Fsp3) is 0.455. The first-order valence-electron chi connectivity index (χ1n) is 5.55. The van der Waals surface area contributed by atoms with Crippen molar-refractivity contribution >= 4 is 27.8 Å². The number of carbonyl (C=O) groups excluding carboxylic acids is 1. The highest BCUT2D eigenvalue weighted by Gasteiger charge is 2.29. The summed E-state index contributed by atoms with van der Waals surface area (Å²) in [6.45, 7) is -0.633. The topological polar surface area (TPSA) is 91.6 Å². The van der Waals surface area contributed by atoms with Crippen molar-refractivity contribution in [2.24, 2.45) is 0 Å². The number of amides is 1. The molecule has 1 aliphatic rings. The van der Waals surface area contributed by atoms with Crippen LogP contribution in [0.3, 0.4) is 0 Å². The van der Waals surface area contributed by atoms with E-state index in [0.29, 0.717) is 11.7 Å². The van der Waals surface area contributed by atoms with Gasteiger partial charge in [0.05, 0.1) is 6.61 Å². The van der Waals surface area contributed by atoms with E-state index in [0.717, 1.165) is 17.3 Å². The zero-order valence-electron chi connectivity index (χ0n) is 9.47. The molecule has 0 saturated heterocycles. The Bertz CT molecular complexity index is 481. The second kappa shape index (κ2) is 5.11. The van der Waals surface area contributed by atoms with Crippen LogP contribution in [0.1, 0.15) is 29.4 Å². The van der Waals surface area contributed by atoms with Crippen molar-refractivity contribution in [1.29, 1.82) is 0 Å². The molecule has 1 amide bonds. The number of aliphatic carboxylic acids is 1. The van der Waals surface area contributed by atoms with Gasteiger partial charge in [0.2, 0.25) is 0 Å². The minimum Gasteiger partial charge on any atom is -0.480 e. The van der Waals surface area contributed by atoms with Crippen molar-refractivity contribution in [3.63, 3.8) is 0 Å². The van der Waals surface area contributed by atoms with Crippen LogP contribution in [0.15, 0.2) is 16.7 Å². The van der Waals surface area contributed by atoms with E-state index in [2.05, 4.69) is 21.2 Å². The third-order valence-electron chi connectivity index (χ3n) is 2.77. The minimum absolute atomic E-state index is 0.314. The molecule has 0 aromatic carbocycles. The number of nitrogens with one attached hydrogen (secondary N) is 1. The highest BCUT2D eigenvalue weighted by atomic mass is 79.9. The molecule has 3 N–H and O–H groups in total. The third-order valence-corrected chi connectivity index (χ3v) is 3.21. The summed E-state index contributed by atoms with van der Waals surface area (Å²) in [5.74, 6) is -1.75. The number of aromatic nitrogens is 1. The van der Waals surface area contributed by atoms with Gasteiger partial charge in [0.15, 0.2) is 6.04 Å². The van der Waals surface area contributed by atoms with E-state index in [1.54, 1.807) is 12.3 Å². The maximum Gasteiger partial charge on any atom is 0.328 e. The van der Waals surface area contributed by atoms with E-state index in [1.165, 1.54) is 0 Å². The Kier molecular flexibility index (Phi) is 3.72. The molecule has 6 nitrogen and oxygen atoms in total. The van der Waals surface area contributed by atoms with Gasteiger partial charge in [-0.25, -0.2) is 4.79 Å². The molecule has 1 aliphatic carbocycles. The zero-order valence-corrected chi connectivity index (χ0v) is 11.1. The number of halogens is 1. The molecule has 0 spiro atoms. The Balaban J connectivity index is 2.15. The monoisotopic (exact) mass is 316 g/mol. The lowest BCUT2D eigenvalue weighted by atomic mass is 10.3. The lowest BCUT2D eigenvalue weighted by Crippen LogP contribution is -2.43. The van der Waals surface area contributed by atoms with Crippen LogP contribution in [-0.4, -0.2) is 39.3 Å². The average Bonchev–Trinajstić information content (AvgIpc) is 3.08. The second-order valence-corrected chi connectivity index (χ2v) is 5.14. The first kappa shape index (κ1) is 13.1. The van der Waals surface area contributed by atoms with Crippen LogP contribution in [0.25, 0.3) is 0 Å². The Morgan fingerprint density at radius 1 is 1.56 bits per heavy atom. The van der Waals surface area contributed by atoms with Crippen LogP contribution >= 0.6 is 15.9 Å². The van der Waals surface area contributed by atoms with Gasteiger partial charge in [0.1, 0.15) is 5.69 Å². The van der Waals surface area contributed by atoms with Crippen molar-refractivity contribution in [2.75, 3.05) is 6.61 Å². The van der Waals surface area contributed by atoms with Crippen molar-refractivity contribution in [3.8, 4) is 0 Å². The summed E-state index contributed by atoms with van der Waals surface area (Å²) < 4.78 is 2.60. The summed E-state index contributed by atoms with van der Waals surface area (Å²) in [6, 6.07) is 0.678. The SMILES string of the molecule is O=C(N[C@H](CO)C(=O)O)c1cc(Br)cn1C1CC1. The fourth-order valence-electron chi connectivity index (χ4n) is 1.70. The predicted octanol–water partition coefficient (Wildman–Crippen LogP) is 0.761. The lowest BCUT2D eigenvalue weighted by Gasteiger charge is -2.13. The summed E-state index contributed by atoms with van der Waals surface area (Å²) in [5.41, 5.74) is 0.407. The molecule has 0 aliphatic heterocycles. The van der Waals surface area contributed by atoms with Crippen LogP contribution < -0.4 is 5.32 Å². The standard InChI is InChI=1S/C11H13BrN2O4/c12-6-3-9(14(4-6)7-1-2-7)10(16)13-8(5-15)11(17)18/h3-4,7-8,15H,1-2,5H2,(H,13,16)(H,17,18)/t8-/m1/s1. The van der Waals surface area contributed by atoms with E-state index in [9.17, 15) is 9.59 Å². The second-order valence-electron chi connectivity index (χ2n) is 4.23. The number of nitrogens with zero attached hydrogens (tertiary/aromatic N) is 1. The molecule has 7 heteroatoms. The minimum atomic E-state index is -1.28. The van der Waals surface area contributed by atoms with Crippen LogP contribution in [0, 0.1) is 0 Å². The molecule has 18 heavy (non-hydrogen) atoms. The van der Waals surface area contributed by atoms with Crippen molar-refractivity contribution in [2.45, 2.75) is 24.9 Å². The first-order chi connectivity index (χ1) is 8.52. The van der Waals surface area contributed by atoms with Crippen LogP contribution in [0.4, 0.5) is 0 Å². The van der Waals surface area contributed by atoms with Crippen LogP contribution in [0.2, 0.25) is 0 Å². The number of aliphatic hydroxyl groups is 1. The fourth-order valence-corrected chi connectivity index (χ4v) is 2.14. The molecule has 1 aromatic heterocycles. The lowest BCUT2D eigenvalue weighted by molar-refractivity contribution is -0.140. The van der Waals surface area contributed by atoms with E-state index < -0.39 is 24.5 Å². The zero-order chi connectivity index (χ0) is 13.3. The normalized spacial score (nSPS) is 16.3. The maximum absolute atomic E-state index is 12.0. The van der Waals surface area contributed by atoms with E-state index >= 15 is 0 Å². The van der Waals surface area contributed by atoms with Gasteiger partial charge in [-0.1, -0.05) is 0 Å². The molecule has 98 valence electrons. The molecule has 1 saturated carbocycles.